The Labute approximate surface area is 109 Å². The van der Waals surface area contributed by atoms with Crippen LogP contribution in [-0.4, -0.2) is 55.9 Å². The van der Waals surface area contributed by atoms with Gasteiger partial charge in [0.05, 0.1) is 6.10 Å². The molecule has 0 radical (unpaired) electrons. The fourth-order valence-electron chi connectivity index (χ4n) is 1.47. The lowest BCUT2D eigenvalue weighted by Gasteiger charge is -2.28. The van der Waals surface area contributed by atoms with Gasteiger partial charge in [-0.15, -0.1) is 0 Å². The predicted molar refractivity (Wildman–Crippen MR) is 68.3 cm³/mol. The highest BCUT2D eigenvalue weighted by Crippen LogP contribution is 2.08. The van der Waals surface area contributed by atoms with Crippen LogP contribution in [-0.2, 0) is 14.3 Å². The molecule has 6 nitrogen and oxygen atoms in total. The van der Waals surface area contributed by atoms with Gasteiger partial charge in [-0.25, -0.2) is 4.79 Å². The van der Waals surface area contributed by atoms with Crippen LogP contribution in [0.4, 0.5) is 4.79 Å². The lowest BCUT2D eigenvalue weighted by molar-refractivity contribution is -0.129. The molecule has 0 bridgehead atoms. The maximum absolute atomic E-state index is 11.9. The van der Waals surface area contributed by atoms with Gasteiger partial charge in [0, 0.05) is 7.11 Å². The number of ether oxygens (including phenoxy) is 2. The van der Waals surface area contributed by atoms with Crippen LogP contribution in [0.25, 0.3) is 0 Å². The Morgan fingerprint density at radius 1 is 1.22 bits per heavy atom. The molecule has 0 aliphatic heterocycles. The fourth-order valence-corrected chi connectivity index (χ4v) is 1.47. The maximum atomic E-state index is 11.9. The van der Waals surface area contributed by atoms with Gasteiger partial charge in [0.1, 0.15) is 11.6 Å². The number of carbonyl (C=O) groups is 2. The molecule has 0 aromatic heterocycles. The number of alkyl carbamates (subject to hydrolysis) is 1. The SMILES string of the molecule is CO[C@H](C)[C@@H](C(=O)NC(=O)OC(C)(C)C)N(C)C. The summed E-state index contributed by atoms with van der Waals surface area (Å²) in [7, 11) is 5.01. The predicted octanol–water partition coefficient (Wildman–Crippen LogP) is 1.00. The van der Waals surface area contributed by atoms with Gasteiger partial charge in [-0.2, -0.15) is 0 Å². The number of carbonyl (C=O) groups excluding carboxylic acids is 2. The fraction of sp³-hybridized carbons (Fsp3) is 0.833. The monoisotopic (exact) mass is 260 g/mol. The van der Waals surface area contributed by atoms with E-state index in [2.05, 4.69) is 5.32 Å². The normalized spacial score (nSPS) is 15.1. The molecular formula is C12H24N2O4. The van der Waals surface area contributed by atoms with E-state index in [1.54, 1.807) is 46.7 Å². The highest BCUT2D eigenvalue weighted by molar-refractivity contribution is 5.95. The largest absolute Gasteiger partial charge is 0.444 e. The summed E-state index contributed by atoms with van der Waals surface area (Å²) >= 11 is 0. The van der Waals surface area contributed by atoms with E-state index in [1.165, 1.54) is 7.11 Å². The lowest BCUT2D eigenvalue weighted by Crippen LogP contribution is -2.52. The maximum Gasteiger partial charge on any atom is 0.414 e. The molecule has 0 saturated heterocycles. The van der Waals surface area contributed by atoms with Crippen molar-refractivity contribution in [3.05, 3.63) is 0 Å². The Bertz CT molecular complexity index is 297. The summed E-state index contributed by atoms with van der Waals surface area (Å²) < 4.78 is 10.1. The average Bonchev–Trinajstić information content (AvgIpc) is 2.13. The van der Waals surface area contributed by atoms with Crippen molar-refractivity contribution < 1.29 is 19.1 Å². The zero-order valence-electron chi connectivity index (χ0n) is 12.2. The Kier molecular flexibility index (Phi) is 6.28. The van der Waals surface area contributed by atoms with E-state index < -0.39 is 23.6 Å². The van der Waals surface area contributed by atoms with Gasteiger partial charge in [-0.05, 0) is 41.8 Å². The van der Waals surface area contributed by atoms with E-state index in [1.807, 2.05) is 0 Å². The van der Waals surface area contributed by atoms with Crippen molar-refractivity contribution in [3.8, 4) is 0 Å². The van der Waals surface area contributed by atoms with E-state index >= 15 is 0 Å². The second-order valence-corrected chi connectivity index (χ2v) is 5.34. The van der Waals surface area contributed by atoms with Gasteiger partial charge in [0.15, 0.2) is 0 Å². The molecule has 0 heterocycles. The minimum Gasteiger partial charge on any atom is -0.444 e. The number of imide groups is 1. The third-order valence-corrected chi connectivity index (χ3v) is 2.27. The lowest BCUT2D eigenvalue weighted by atomic mass is 10.1. The Morgan fingerprint density at radius 3 is 2.06 bits per heavy atom. The van der Waals surface area contributed by atoms with Crippen LogP contribution in [0.2, 0.25) is 0 Å². The third-order valence-electron chi connectivity index (χ3n) is 2.27. The first-order chi connectivity index (χ1) is 8.08. The molecule has 18 heavy (non-hydrogen) atoms. The highest BCUT2D eigenvalue weighted by atomic mass is 16.6. The molecule has 2 amide bonds. The van der Waals surface area contributed by atoms with Crippen LogP contribution in [0.5, 0.6) is 0 Å². The number of amides is 2. The van der Waals surface area contributed by atoms with Crippen LogP contribution in [0.1, 0.15) is 27.7 Å². The zero-order chi connectivity index (χ0) is 14.5. The molecule has 0 aromatic carbocycles. The van der Waals surface area contributed by atoms with Gasteiger partial charge in [-0.1, -0.05) is 0 Å². The third kappa shape index (κ3) is 5.97. The van der Waals surface area contributed by atoms with Crippen molar-refractivity contribution in [3.63, 3.8) is 0 Å². The van der Waals surface area contributed by atoms with Crippen molar-refractivity contribution in [1.29, 1.82) is 0 Å². The smallest absolute Gasteiger partial charge is 0.414 e. The van der Waals surface area contributed by atoms with E-state index in [9.17, 15) is 9.59 Å². The number of rotatable bonds is 4. The molecule has 2 atom stereocenters. The molecule has 0 fully saturated rings. The summed E-state index contributed by atoms with van der Waals surface area (Å²) in [5.41, 5.74) is -0.634. The van der Waals surface area contributed by atoms with Crippen LogP contribution >= 0.6 is 0 Å². The van der Waals surface area contributed by atoms with Crippen LogP contribution in [0.15, 0.2) is 0 Å². The molecule has 0 unspecified atom stereocenters. The molecule has 0 aromatic rings. The average molecular weight is 260 g/mol. The summed E-state index contributed by atoms with van der Waals surface area (Å²) in [6, 6.07) is -0.553. The van der Waals surface area contributed by atoms with Crippen LogP contribution in [0.3, 0.4) is 0 Å². The second-order valence-electron chi connectivity index (χ2n) is 5.34. The van der Waals surface area contributed by atoms with Crippen molar-refractivity contribution in [2.45, 2.75) is 45.4 Å². The summed E-state index contributed by atoms with van der Waals surface area (Å²) in [6.45, 7) is 6.97. The standard InChI is InChI=1S/C12H24N2O4/c1-8(17-7)9(14(5)6)10(15)13-11(16)18-12(2,3)4/h8-9H,1-7H3,(H,13,15,16)/t8-,9+/m1/s1. The molecule has 106 valence electrons. The number of hydrogen-bond acceptors (Lipinski definition) is 5. The summed E-state index contributed by atoms with van der Waals surface area (Å²) in [5, 5.41) is 2.21. The van der Waals surface area contributed by atoms with Gasteiger partial charge < -0.3 is 9.47 Å². The van der Waals surface area contributed by atoms with E-state index in [0.717, 1.165) is 0 Å². The topological polar surface area (TPSA) is 67.9 Å². The Balaban J connectivity index is 4.58. The van der Waals surface area contributed by atoms with E-state index in [4.69, 9.17) is 9.47 Å². The molecule has 0 saturated carbocycles. The number of likely N-dealkylation sites (N-methyl/N-ethyl adjacent to an activating group) is 1. The molecule has 0 aliphatic rings. The molecular weight excluding hydrogens is 236 g/mol. The van der Waals surface area contributed by atoms with Crippen molar-refractivity contribution >= 4 is 12.0 Å². The minimum absolute atomic E-state index is 0.331. The molecule has 0 spiro atoms. The summed E-state index contributed by atoms with van der Waals surface area (Å²) in [6.07, 6.45) is -1.08. The van der Waals surface area contributed by atoms with Gasteiger partial charge >= 0.3 is 6.09 Å². The summed E-state index contributed by atoms with van der Waals surface area (Å²) in [5.74, 6) is -0.441. The number of nitrogens with one attached hydrogen (secondary N) is 1. The molecule has 1 N–H and O–H groups in total. The first kappa shape index (κ1) is 16.9. The number of nitrogens with zero attached hydrogens (tertiary/aromatic N) is 1. The quantitative estimate of drug-likeness (QED) is 0.817. The Morgan fingerprint density at radius 2 is 1.72 bits per heavy atom. The first-order valence-electron chi connectivity index (χ1n) is 5.81. The highest BCUT2D eigenvalue weighted by Gasteiger charge is 2.29. The van der Waals surface area contributed by atoms with Crippen molar-refractivity contribution in [2.24, 2.45) is 0 Å². The minimum atomic E-state index is -0.748. The van der Waals surface area contributed by atoms with E-state index in [-0.39, 0.29) is 6.10 Å². The number of hydrogen-bond donors (Lipinski definition) is 1. The van der Waals surface area contributed by atoms with Crippen molar-refractivity contribution in [1.82, 2.24) is 10.2 Å². The molecule has 0 aliphatic carbocycles. The van der Waals surface area contributed by atoms with Crippen LogP contribution in [0, 0.1) is 0 Å². The van der Waals surface area contributed by atoms with Crippen molar-refractivity contribution in [2.75, 3.05) is 21.2 Å². The van der Waals surface area contributed by atoms with Gasteiger partial charge in [0.2, 0.25) is 5.91 Å². The first-order valence-corrected chi connectivity index (χ1v) is 5.81. The second kappa shape index (κ2) is 6.70. The van der Waals surface area contributed by atoms with Crippen LogP contribution < -0.4 is 5.32 Å². The zero-order valence-corrected chi connectivity index (χ0v) is 12.2. The van der Waals surface area contributed by atoms with Gasteiger partial charge in [0.25, 0.3) is 0 Å². The Hall–Kier alpha value is -1.14. The van der Waals surface area contributed by atoms with Gasteiger partial charge in [-0.3, -0.25) is 15.0 Å². The molecule has 0 rings (SSSR count). The number of methoxy groups -OCH3 is 1. The summed E-state index contributed by atoms with van der Waals surface area (Å²) in [4.78, 5) is 25.1. The molecule has 6 heteroatoms. The van der Waals surface area contributed by atoms with E-state index in [0.29, 0.717) is 0 Å².